The fraction of sp³-hybridized carbons (Fsp3) is 0.800. The molecular weight excluding hydrogens is 182 g/mol. The molecule has 0 spiro atoms. The Labute approximate surface area is 84.0 Å². The van der Waals surface area contributed by atoms with Crippen LogP contribution >= 0.6 is 0 Å². The Kier molecular flexibility index (Phi) is 3.92. The molecule has 1 N–H and O–H groups in total. The molecule has 1 fully saturated rings. The first kappa shape index (κ1) is 11.0. The summed E-state index contributed by atoms with van der Waals surface area (Å²) in [5.74, 6) is 0.418. The first-order valence-corrected chi connectivity index (χ1v) is 4.99. The summed E-state index contributed by atoms with van der Waals surface area (Å²) in [7, 11) is 1.34. The summed E-state index contributed by atoms with van der Waals surface area (Å²) in [6.07, 6.45) is 2.57. The van der Waals surface area contributed by atoms with Crippen LogP contribution in [0, 0.1) is 11.8 Å². The topological polar surface area (TPSA) is 55.4 Å². The number of esters is 1. The molecule has 0 aromatic carbocycles. The molecule has 80 valence electrons. The van der Waals surface area contributed by atoms with Crippen molar-refractivity contribution < 1.29 is 14.3 Å². The lowest BCUT2D eigenvalue weighted by molar-refractivity contribution is -0.140. The Balaban J connectivity index is 2.11. The molecule has 4 heteroatoms. The molecule has 1 aliphatic rings. The van der Waals surface area contributed by atoms with E-state index >= 15 is 0 Å². The minimum Gasteiger partial charge on any atom is -0.469 e. The van der Waals surface area contributed by atoms with Crippen LogP contribution in [0.5, 0.6) is 0 Å². The smallest absolute Gasteiger partial charge is 0.307 e. The third-order valence-electron chi connectivity index (χ3n) is 2.60. The quantitative estimate of drug-likeness (QED) is 0.663. The van der Waals surface area contributed by atoms with Crippen LogP contribution in [-0.2, 0) is 14.3 Å². The van der Waals surface area contributed by atoms with E-state index in [1.165, 1.54) is 7.11 Å². The summed E-state index contributed by atoms with van der Waals surface area (Å²) >= 11 is 0. The molecule has 0 radical (unpaired) electrons. The van der Waals surface area contributed by atoms with Crippen molar-refractivity contribution in [2.24, 2.45) is 11.8 Å². The third kappa shape index (κ3) is 3.36. The van der Waals surface area contributed by atoms with Gasteiger partial charge in [-0.3, -0.25) is 9.59 Å². The minimum atomic E-state index is -0.288. The summed E-state index contributed by atoms with van der Waals surface area (Å²) < 4.78 is 4.46. The molecule has 1 rings (SSSR count). The van der Waals surface area contributed by atoms with Crippen molar-refractivity contribution in [2.45, 2.75) is 26.2 Å². The highest BCUT2D eigenvalue weighted by Crippen LogP contribution is 2.36. The molecule has 1 amide bonds. The Morgan fingerprint density at radius 1 is 1.50 bits per heavy atom. The maximum atomic E-state index is 11.4. The van der Waals surface area contributed by atoms with Crippen LogP contribution in [0.1, 0.15) is 26.2 Å². The number of ether oxygens (including phenoxy) is 1. The molecule has 1 aliphatic carbocycles. The molecular formula is C10H17NO3. The molecule has 0 heterocycles. The highest BCUT2D eigenvalue weighted by Gasteiger charge is 2.32. The second-order valence-corrected chi connectivity index (χ2v) is 3.74. The van der Waals surface area contributed by atoms with Gasteiger partial charge in [0.25, 0.3) is 0 Å². The molecule has 0 aromatic rings. The van der Waals surface area contributed by atoms with Gasteiger partial charge in [0.15, 0.2) is 0 Å². The standard InChI is InChI=1S/C10H17NO3/c1-7(8-3-4-8)10(13)11-6-5-9(12)14-2/h7-8H,3-6H2,1-2H3,(H,11,13). The van der Waals surface area contributed by atoms with Gasteiger partial charge in [-0.05, 0) is 18.8 Å². The largest absolute Gasteiger partial charge is 0.469 e. The number of carbonyl (C=O) groups is 2. The number of hydrogen-bond acceptors (Lipinski definition) is 3. The van der Waals surface area contributed by atoms with Gasteiger partial charge >= 0.3 is 5.97 Å². The van der Waals surface area contributed by atoms with E-state index in [2.05, 4.69) is 10.1 Å². The Hall–Kier alpha value is -1.06. The zero-order chi connectivity index (χ0) is 10.6. The van der Waals surface area contributed by atoms with Gasteiger partial charge in [0.05, 0.1) is 13.5 Å². The van der Waals surface area contributed by atoms with Crippen molar-refractivity contribution >= 4 is 11.9 Å². The van der Waals surface area contributed by atoms with Gasteiger partial charge in [-0.1, -0.05) is 6.92 Å². The lowest BCUT2D eigenvalue weighted by atomic mass is 10.1. The highest BCUT2D eigenvalue weighted by atomic mass is 16.5. The van der Waals surface area contributed by atoms with Crippen LogP contribution < -0.4 is 5.32 Å². The van der Waals surface area contributed by atoms with Gasteiger partial charge in [-0.15, -0.1) is 0 Å². The minimum absolute atomic E-state index is 0.0522. The molecule has 1 saturated carbocycles. The van der Waals surface area contributed by atoms with Crippen molar-refractivity contribution in [1.29, 1.82) is 0 Å². The molecule has 0 bridgehead atoms. The number of rotatable bonds is 5. The van der Waals surface area contributed by atoms with Gasteiger partial charge in [0.2, 0.25) is 5.91 Å². The molecule has 0 saturated heterocycles. The van der Waals surface area contributed by atoms with E-state index in [1.54, 1.807) is 0 Å². The normalized spacial score (nSPS) is 17.3. The molecule has 0 aromatic heterocycles. The van der Waals surface area contributed by atoms with Crippen molar-refractivity contribution in [3.8, 4) is 0 Å². The Bertz CT molecular complexity index is 223. The van der Waals surface area contributed by atoms with Crippen LogP contribution in [0.15, 0.2) is 0 Å². The van der Waals surface area contributed by atoms with E-state index < -0.39 is 0 Å². The van der Waals surface area contributed by atoms with Crippen molar-refractivity contribution in [2.75, 3.05) is 13.7 Å². The van der Waals surface area contributed by atoms with Gasteiger partial charge in [-0.25, -0.2) is 0 Å². The first-order chi connectivity index (χ1) is 6.65. The Morgan fingerprint density at radius 3 is 2.64 bits per heavy atom. The SMILES string of the molecule is COC(=O)CCNC(=O)C(C)C1CC1. The predicted molar refractivity (Wildman–Crippen MR) is 51.5 cm³/mol. The van der Waals surface area contributed by atoms with Gasteiger partial charge in [0.1, 0.15) is 0 Å². The average Bonchev–Trinajstić information content (AvgIpc) is 2.99. The van der Waals surface area contributed by atoms with Crippen LogP contribution in [0.25, 0.3) is 0 Å². The predicted octanol–water partition coefficient (Wildman–Crippen LogP) is 0.712. The second kappa shape index (κ2) is 4.98. The van der Waals surface area contributed by atoms with E-state index in [-0.39, 0.29) is 24.2 Å². The number of nitrogens with one attached hydrogen (secondary N) is 1. The summed E-state index contributed by atoms with van der Waals surface area (Å²) in [6, 6.07) is 0. The molecule has 0 aliphatic heterocycles. The van der Waals surface area contributed by atoms with Crippen molar-refractivity contribution in [3.05, 3.63) is 0 Å². The number of methoxy groups -OCH3 is 1. The van der Waals surface area contributed by atoms with Crippen LogP contribution in [0.2, 0.25) is 0 Å². The summed E-state index contributed by atoms with van der Waals surface area (Å²) in [5, 5.41) is 2.73. The third-order valence-corrected chi connectivity index (χ3v) is 2.60. The number of hydrogen-bond donors (Lipinski definition) is 1. The molecule has 1 unspecified atom stereocenters. The molecule has 14 heavy (non-hydrogen) atoms. The monoisotopic (exact) mass is 199 g/mol. The maximum Gasteiger partial charge on any atom is 0.307 e. The zero-order valence-corrected chi connectivity index (χ0v) is 8.71. The lowest BCUT2D eigenvalue weighted by Crippen LogP contribution is -2.32. The maximum absolute atomic E-state index is 11.4. The zero-order valence-electron chi connectivity index (χ0n) is 8.71. The van der Waals surface area contributed by atoms with E-state index in [9.17, 15) is 9.59 Å². The fourth-order valence-corrected chi connectivity index (χ4v) is 1.36. The average molecular weight is 199 g/mol. The Morgan fingerprint density at radius 2 is 2.14 bits per heavy atom. The van der Waals surface area contributed by atoms with Crippen molar-refractivity contribution in [1.82, 2.24) is 5.32 Å². The number of amides is 1. The number of carbonyl (C=O) groups excluding carboxylic acids is 2. The van der Waals surface area contributed by atoms with Gasteiger partial charge in [0, 0.05) is 12.5 Å². The van der Waals surface area contributed by atoms with Gasteiger partial charge < -0.3 is 10.1 Å². The van der Waals surface area contributed by atoms with E-state index in [0.717, 1.165) is 12.8 Å². The highest BCUT2D eigenvalue weighted by molar-refractivity contribution is 5.79. The first-order valence-electron chi connectivity index (χ1n) is 4.99. The summed E-state index contributed by atoms with van der Waals surface area (Å²) in [4.78, 5) is 22.2. The summed E-state index contributed by atoms with van der Waals surface area (Å²) in [5.41, 5.74) is 0. The van der Waals surface area contributed by atoms with Gasteiger partial charge in [-0.2, -0.15) is 0 Å². The van der Waals surface area contributed by atoms with Crippen LogP contribution in [0.3, 0.4) is 0 Å². The van der Waals surface area contributed by atoms with E-state index in [0.29, 0.717) is 12.5 Å². The van der Waals surface area contributed by atoms with Crippen molar-refractivity contribution in [3.63, 3.8) is 0 Å². The van der Waals surface area contributed by atoms with Crippen LogP contribution in [-0.4, -0.2) is 25.5 Å². The fourth-order valence-electron chi connectivity index (χ4n) is 1.36. The van der Waals surface area contributed by atoms with E-state index in [1.807, 2.05) is 6.92 Å². The summed E-state index contributed by atoms with van der Waals surface area (Å²) in [6.45, 7) is 2.31. The van der Waals surface area contributed by atoms with E-state index in [4.69, 9.17) is 0 Å². The second-order valence-electron chi connectivity index (χ2n) is 3.74. The van der Waals surface area contributed by atoms with Crippen LogP contribution in [0.4, 0.5) is 0 Å². The molecule has 1 atom stereocenters. The lowest BCUT2D eigenvalue weighted by Gasteiger charge is -2.10. The molecule has 4 nitrogen and oxygen atoms in total.